The van der Waals surface area contributed by atoms with Crippen LogP contribution < -0.4 is 19.1 Å². The van der Waals surface area contributed by atoms with E-state index >= 15 is 0 Å². The molecule has 1 aromatic carbocycles. The highest BCUT2D eigenvalue weighted by Crippen LogP contribution is 2.38. The second-order valence-electron chi connectivity index (χ2n) is 7.27. The molecule has 32 heavy (non-hydrogen) atoms. The minimum Gasteiger partial charge on any atom is -0.493 e. The molecule has 0 N–H and O–H groups in total. The summed E-state index contributed by atoms with van der Waals surface area (Å²) in [7, 11) is 4.58. The molecule has 9 nitrogen and oxygen atoms in total. The molecule has 1 aliphatic heterocycles. The van der Waals surface area contributed by atoms with Crippen LogP contribution in [0.15, 0.2) is 40.1 Å². The number of hydrogen-bond donors (Lipinski definition) is 0. The standard InChI is InChI=1S/C22H26N4O5S/c1-28-18-11-15(12-19(29-2)20(18)30-3)17(27)14-32-22-24-23-21(25-8-4-5-9-25)26(22)13-16-7-6-10-31-16/h6-7,10-12H,4-5,8-9,13-14H2,1-3H3. The van der Waals surface area contributed by atoms with Crippen molar-refractivity contribution in [3.05, 3.63) is 41.9 Å². The van der Waals surface area contributed by atoms with Gasteiger partial charge in [-0.3, -0.25) is 9.36 Å². The third-order valence-electron chi connectivity index (χ3n) is 5.30. The van der Waals surface area contributed by atoms with Crippen LogP contribution in [0, 0.1) is 0 Å². The van der Waals surface area contributed by atoms with Crippen LogP contribution in [0.25, 0.3) is 0 Å². The number of carbonyl (C=O) groups excluding carboxylic acids is 1. The van der Waals surface area contributed by atoms with Gasteiger partial charge in [-0.15, -0.1) is 10.2 Å². The highest BCUT2D eigenvalue weighted by Gasteiger charge is 2.23. The maximum absolute atomic E-state index is 13.0. The molecule has 0 bridgehead atoms. The fraction of sp³-hybridized carbons (Fsp3) is 0.409. The van der Waals surface area contributed by atoms with E-state index in [4.69, 9.17) is 18.6 Å². The molecule has 10 heteroatoms. The molecule has 2 aromatic heterocycles. The van der Waals surface area contributed by atoms with Gasteiger partial charge in [-0.2, -0.15) is 0 Å². The van der Waals surface area contributed by atoms with Crippen molar-refractivity contribution in [1.29, 1.82) is 0 Å². The number of carbonyl (C=O) groups is 1. The van der Waals surface area contributed by atoms with Crippen molar-refractivity contribution in [2.75, 3.05) is 45.1 Å². The predicted molar refractivity (Wildman–Crippen MR) is 120 cm³/mol. The van der Waals surface area contributed by atoms with E-state index in [1.165, 1.54) is 33.1 Å². The summed E-state index contributed by atoms with van der Waals surface area (Å²) < 4.78 is 23.6. The van der Waals surface area contributed by atoms with E-state index in [9.17, 15) is 4.79 Å². The van der Waals surface area contributed by atoms with Gasteiger partial charge in [0.2, 0.25) is 11.7 Å². The van der Waals surface area contributed by atoms with Gasteiger partial charge in [0, 0.05) is 18.7 Å². The summed E-state index contributed by atoms with van der Waals surface area (Å²) in [6.45, 7) is 2.41. The Balaban J connectivity index is 1.55. The van der Waals surface area contributed by atoms with Crippen LogP contribution in [-0.2, 0) is 6.54 Å². The van der Waals surface area contributed by atoms with E-state index in [1.807, 2.05) is 16.7 Å². The predicted octanol–water partition coefficient (Wildman–Crippen LogP) is 3.52. The third-order valence-corrected chi connectivity index (χ3v) is 6.27. The summed E-state index contributed by atoms with van der Waals surface area (Å²) >= 11 is 1.35. The summed E-state index contributed by atoms with van der Waals surface area (Å²) in [6.07, 6.45) is 3.92. The van der Waals surface area contributed by atoms with Crippen molar-refractivity contribution < 1.29 is 23.4 Å². The second kappa shape index (κ2) is 9.99. The van der Waals surface area contributed by atoms with Crippen molar-refractivity contribution in [2.45, 2.75) is 24.5 Å². The fourth-order valence-electron chi connectivity index (χ4n) is 3.69. The fourth-order valence-corrected chi connectivity index (χ4v) is 4.52. The van der Waals surface area contributed by atoms with Crippen molar-refractivity contribution in [2.24, 2.45) is 0 Å². The van der Waals surface area contributed by atoms with Crippen LogP contribution in [-0.4, -0.2) is 60.7 Å². The molecule has 1 fully saturated rings. The zero-order chi connectivity index (χ0) is 22.5. The molecule has 1 saturated heterocycles. The van der Waals surface area contributed by atoms with Crippen molar-refractivity contribution >= 4 is 23.5 Å². The van der Waals surface area contributed by atoms with Crippen molar-refractivity contribution in [3.8, 4) is 17.2 Å². The lowest BCUT2D eigenvalue weighted by molar-refractivity contribution is 0.102. The number of benzene rings is 1. The normalized spacial score (nSPS) is 13.4. The maximum atomic E-state index is 13.0. The van der Waals surface area contributed by atoms with Crippen LogP contribution in [0.1, 0.15) is 29.0 Å². The van der Waals surface area contributed by atoms with E-state index < -0.39 is 0 Å². The Bertz CT molecular complexity index is 1040. The number of ether oxygens (including phenoxy) is 3. The summed E-state index contributed by atoms with van der Waals surface area (Å²) in [4.78, 5) is 15.2. The first-order chi connectivity index (χ1) is 15.6. The van der Waals surface area contributed by atoms with Gasteiger partial charge in [0.25, 0.3) is 0 Å². The number of thioether (sulfide) groups is 1. The molecule has 0 atom stereocenters. The Kier molecular flexibility index (Phi) is 6.89. The third kappa shape index (κ3) is 4.55. The summed E-state index contributed by atoms with van der Waals surface area (Å²) in [5.74, 6) is 3.06. The minimum atomic E-state index is -0.0791. The molecular formula is C22H26N4O5S. The Labute approximate surface area is 190 Å². The largest absolute Gasteiger partial charge is 0.493 e. The van der Waals surface area contributed by atoms with Crippen molar-refractivity contribution in [3.63, 3.8) is 0 Å². The van der Waals surface area contributed by atoms with Crippen LogP contribution in [0.4, 0.5) is 5.95 Å². The van der Waals surface area contributed by atoms with E-state index in [2.05, 4.69) is 15.1 Å². The SMILES string of the molecule is COc1cc(C(=O)CSc2nnc(N3CCCC3)n2Cc2ccco2)cc(OC)c1OC. The molecule has 0 amide bonds. The molecule has 0 saturated carbocycles. The molecule has 0 radical (unpaired) electrons. The highest BCUT2D eigenvalue weighted by molar-refractivity contribution is 7.99. The molecule has 0 spiro atoms. The van der Waals surface area contributed by atoms with Gasteiger partial charge < -0.3 is 23.5 Å². The highest BCUT2D eigenvalue weighted by atomic mass is 32.2. The number of rotatable bonds is 10. The number of anilines is 1. The average Bonchev–Trinajstić information content (AvgIpc) is 3.59. The lowest BCUT2D eigenvalue weighted by Gasteiger charge is -2.17. The van der Waals surface area contributed by atoms with Gasteiger partial charge in [0.05, 0.1) is 39.9 Å². The first kappa shape index (κ1) is 22.1. The topological polar surface area (TPSA) is 91.9 Å². The average molecular weight is 459 g/mol. The van der Waals surface area contributed by atoms with E-state index in [-0.39, 0.29) is 11.5 Å². The lowest BCUT2D eigenvalue weighted by atomic mass is 10.1. The van der Waals surface area contributed by atoms with Crippen LogP contribution in [0.2, 0.25) is 0 Å². The van der Waals surface area contributed by atoms with Gasteiger partial charge in [0.15, 0.2) is 22.4 Å². The van der Waals surface area contributed by atoms with Crippen LogP contribution >= 0.6 is 11.8 Å². The first-order valence-electron chi connectivity index (χ1n) is 10.3. The van der Waals surface area contributed by atoms with E-state index in [0.717, 1.165) is 37.6 Å². The molecule has 3 heterocycles. The number of nitrogens with zero attached hydrogens (tertiary/aromatic N) is 4. The smallest absolute Gasteiger partial charge is 0.228 e. The molecule has 4 rings (SSSR count). The quantitative estimate of drug-likeness (QED) is 0.334. The van der Waals surface area contributed by atoms with E-state index in [0.29, 0.717) is 34.5 Å². The summed E-state index contributed by atoms with van der Waals surface area (Å²) in [5, 5.41) is 9.46. The van der Waals surface area contributed by atoms with Gasteiger partial charge >= 0.3 is 0 Å². The monoisotopic (exact) mass is 458 g/mol. The molecule has 3 aromatic rings. The molecular weight excluding hydrogens is 432 g/mol. The number of methoxy groups -OCH3 is 3. The molecule has 0 unspecified atom stereocenters. The van der Waals surface area contributed by atoms with Crippen LogP contribution in [0.3, 0.4) is 0 Å². The summed E-state index contributed by atoms with van der Waals surface area (Å²) in [5.41, 5.74) is 0.476. The molecule has 1 aliphatic rings. The Morgan fingerprint density at radius 2 is 1.81 bits per heavy atom. The maximum Gasteiger partial charge on any atom is 0.228 e. The second-order valence-corrected chi connectivity index (χ2v) is 8.21. The Morgan fingerprint density at radius 1 is 1.09 bits per heavy atom. The Morgan fingerprint density at radius 3 is 2.41 bits per heavy atom. The van der Waals surface area contributed by atoms with Gasteiger partial charge in [0.1, 0.15) is 5.76 Å². The zero-order valence-electron chi connectivity index (χ0n) is 18.4. The minimum absolute atomic E-state index is 0.0791. The Hall–Kier alpha value is -3.14. The van der Waals surface area contributed by atoms with Gasteiger partial charge in [-0.1, -0.05) is 11.8 Å². The summed E-state index contributed by atoms with van der Waals surface area (Å²) in [6, 6.07) is 7.10. The lowest BCUT2D eigenvalue weighted by Crippen LogP contribution is -2.22. The number of ketones is 1. The number of Topliss-reactive ketones (excluding diaryl/α,β-unsaturated/α-hetero) is 1. The van der Waals surface area contributed by atoms with Gasteiger partial charge in [-0.05, 0) is 37.1 Å². The first-order valence-corrected chi connectivity index (χ1v) is 11.3. The van der Waals surface area contributed by atoms with Gasteiger partial charge in [-0.25, -0.2) is 0 Å². The van der Waals surface area contributed by atoms with Crippen molar-refractivity contribution in [1.82, 2.24) is 14.8 Å². The number of furan rings is 1. The number of hydrogen-bond acceptors (Lipinski definition) is 9. The number of aromatic nitrogens is 3. The van der Waals surface area contributed by atoms with E-state index in [1.54, 1.807) is 18.4 Å². The van der Waals surface area contributed by atoms with Crippen LogP contribution in [0.5, 0.6) is 17.2 Å². The molecule has 170 valence electrons. The zero-order valence-corrected chi connectivity index (χ0v) is 19.2. The molecule has 0 aliphatic carbocycles.